The fraction of sp³-hybridized carbons (Fsp3) is 0.182. The molecule has 13 heavy (non-hydrogen) atoms. The lowest BCUT2D eigenvalue weighted by atomic mass is 10.1. The molecule has 66 valence electrons. The second-order valence-electron chi connectivity index (χ2n) is 2.52. The summed E-state index contributed by atoms with van der Waals surface area (Å²) in [5.74, 6) is 6.69. The van der Waals surface area contributed by atoms with E-state index in [-0.39, 0.29) is 0 Å². The van der Waals surface area contributed by atoms with Gasteiger partial charge in [-0.25, -0.2) is 0 Å². The number of aldehydes is 1. The van der Waals surface area contributed by atoms with Crippen LogP contribution in [0.2, 0.25) is 0 Å². The normalized spacial score (nSPS) is 8.69. The predicted octanol–water partition coefficient (Wildman–Crippen LogP) is 2.17. The number of carbonyl (C=O) groups is 1. The molecule has 0 amide bonds. The summed E-state index contributed by atoms with van der Waals surface area (Å²) in [4.78, 5) is 10.4. The molecule has 0 atom stereocenters. The minimum atomic E-state index is 0.665. The van der Waals surface area contributed by atoms with Crippen LogP contribution in [-0.4, -0.2) is 12.0 Å². The van der Waals surface area contributed by atoms with Gasteiger partial charge in [-0.15, -0.1) is 0 Å². The molecular formula is C11H10OS. The van der Waals surface area contributed by atoms with Crippen molar-refractivity contribution >= 4 is 18.9 Å². The van der Waals surface area contributed by atoms with E-state index in [0.29, 0.717) is 5.56 Å². The van der Waals surface area contributed by atoms with E-state index in [4.69, 9.17) is 0 Å². The molecule has 0 saturated heterocycles. The van der Waals surface area contributed by atoms with Gasteiger partial charge in [0.15, 0.2) is 0 Å². The highest BCUT2D eigenvalue weighted by atomic mass is 32.1. The number of rotatable bonds is 2. The molecule has 0 heterocycles. The molecule has 1 aromatic carbocycles. The van der Waals surface area contributed by atoms with Crippen molar-refractivity contribution in [3.8, 4) is 11.8 Å². The quantitative estimate of drug-likeness (QED) is 0.429. The van der Waals surface area contributed by atoms with E-state index in [2.05, 4.69) is 24.5 Å². The highest BCUT2D eigenvalue weighted by molar-refractivity contribution is 7.80. The number of hydrogen-bond acceptors (Lipinski definition) is 2. The summed E-state index contributed by atoms with van der Waals surface area (Å²) in [6.07, 6.45) is 1.60. The average molecular weight is 190 g/mol. The van der Waals surface area contributed by atoms with Gasteiger partial charge in [-0.2, -0.15) is 12.6 Å². The van der Waals surface area contributed by atoms with Gasteiger partial charge >= 0.3 is 0 Å². The van der Waals surface area contributed by atoms with Gasteiger partial charge < -0.3 is 0 Å². The maximum atomic E-state index is 10.4. The molecule has 0 N–H and O–H groups in total. The van der Waals surface area contributed by atoms with Crippen LogP contribution in [0.1, 0.15) is 22.3 Å². The maximum Gasteiger partial charge on any atom is 0.150 e. The molecule has 0 aliphatic heterocycles. The average Bonchev–Trinajstić information content (AvgIpc) is 2.19. The Balaban J connectivity index is 2.79. The third-order valence-electron chi connectivity index (χ3n) is 1.49. The molecule has 1 aromatic rings. The summed E-state index contributed by atoms with van der Waals surface area (Å²) < 4.78 is 0. The van der Waals surface area contributed by atoms with Crippen molar-refractivity contribution in [2.75, 3.05) is 5.75 Å². The zero-order chi connectivity index (χ0) is 9.52. The predicted molar refractivity (Wildman–Crippen MR) is 57.2 cm³/mol. The van der Waals surface area contributed by atoms with E-state index in [1.54, 1.807) is 12.1 Å². The summed E-state index contributed by atoms with van der Waals surface area (Å²) in [5, 5.41) is 0. The first kappa shape index (κ1) is 9.88. The van der Waals surface area contributed by atoms with Crippen LogP contribution >= 0.6 is 12.6 Å². The van der Waals surface area contributed by atoms with Crippen molar-refractivity contribution in [3.05, 3.63) is 35.4 Å². The lowest BCUT2D eigenvalue weighted by Gasteiger charge is -1.90. The van der Waals surface area contributed by atoms with E-state index >= 15 is 0 Å². The summed E-state index contributed by atoms with van der Waals surface area (Å²) in [7, 11) is 0. The van der Waals surface area contributed by atoms with E-state index in [1.807, 2.05) is 12.1 Å². The highest BCUT2D eigenvalue weighted by Gasteiger charge is 1.89. The summed E-state index contributed by atoms with van der Waals surface area (Å²) in [6.45, 7) is 0. The SMILES string of the molecule is O=Cc1cccc(C#CCCS)c1. The zero-order valence-electron chi connectivity index (χ0n) is 7.16. The summed E-state index contributed by atoms with van der Waals surface area (Å²) in [6, 6.07) is 7.25. The van der Waals surface area contributed by atoms with Crippen LogP contribution in [0.5, 0.6) is 0 Å². The van der Waals surface area contributed by atoms with Gasteiger partial charge in [-0.3, -0.25) is 4.79 Å². The van der Waals surface area contributed by atoms with Crippen LogP contribution in [0.25, 0.3) is 0 Å². The lowest BCUT2D eigenvalue weighted by Crippen LogP contribution is -1.80. The molecule has 0 fully saturated rings. The second-order valence-corrected chi connectivity index (χ2v) is 2.97. The first-order valence-electron chi connectivity index (χ1n) is 4.02. The number of benzene rings is 1. The Labute approximate surface area is 83.6 Å². The van der Waals surface area contributed by atoms with Crippen LogP contribution in [0.3, 0.4) is 0 Å². The monoisotopic (exact) mass is 190 g/mol. The summed E-state index contributed by atoms with van der Waals surface area (Å²) in [5.41, 5.74) is 1.55. The van der Waals surface area contributed by atoms with Gasteiger partial charge in [0.25, 0.3) is 0 Å². The topological polar surface area (TPSA) is 17.1 Å². The van der Waals surface area contributed by atoms with Gasteiger partial charge in [-0.05, 0) is 12.1 Å². The van der Waals surface area contributed by atoms with Crippen molar-refractivity contribution in [3.63, 3.8) is 0 Å². The van der Waals surface area contributed by atoms with Crippen molar-refractivity contribution in [2.45, 2.75) is 6.42 Å². The van der Waals surface area contributed by atoms with E-state index in [1.165, 1.54) is 0 Å². The third-order valence-corrected chi connectivity index (χ3v) is 1.72. The summed E-state index contributed by atoms with van der Waals surface area (Å²) >= 11 is 4.05. The first-order chi connectivity index (χ1) is 6.36. The molecule has 0 bridgehead atoms. The van der Waals surface area contributed by atoms with Crippen LogP contribution < -0.4 is 0 Å². The zero-order valence-corrected chi connectivity index (χ0v) is 8.05. The molecule has 0 aliphatic rings. The number of thiol groups is 1. The molecule has 0 radical (unpaired) electrons. The van der Waals surface area contributed by atoms with Crippen molar-refractivity contribution in [1.29, 1.82) is 0 Å². The fourth-order valence-corrected chi connectivity index (χ4v) is 1.02. The Morgan fingerprint density at radius 3 is 3.00 bits per heavy atom. The first-order valence-corrected chi connectivity index (χ1v) is 4.65. The van der Waals surface area contributed by atoms with Crippen LogP contribution in [0, 0.1) is 11.8 Å². The van der Waals surface area contributed by atoms with Crippen molar-refractivity contribution in [2.24, 2.45) is 0 Å². The van der Waals surface area contributed by atoms with Crippen molar-refractivity contribution in [1.82, 2.24) is 0 Å². The van der Waals surface area contributed by atoms with Gasteiger partial charge in [0, 0.05) is 23.3 Å². The molecular weight excluding hydrogens is 180 g/mol. The van der Waals surface area contributed by atoms with Gasteiger partial charge in [0.2, 0.25) is 0 Å². The molecule has 0 aliphatic carbocycles. The Morgan fingerprint density at radius 1 is 1.46 bits per heavy atom. The van der Waals surface area contributed by atoms with E-state index in [0.717, 1.165) is 24.0 Å². The van der Waals surface area contributed by atoms with Gasteiger partial charge in [0.05, 0.1) is 0 Å². The molecule has 1 nitrogen and oxygen atoms in total. The minimum Gasteiger partial charge on any atom is -0.298 e. The number of hydrogen-bond donors (Lipinski definition) is 1. The van der Waals surface area contributed by atoms with E-state index < -0.39 is 0 Å². The Bertz CT molecular complexity index is 347. The van der Waals surface area contributed by atoms with Crippen LogP contribution in [-0.2, 0) is 0 Å². The fourth-order valence-electron chi connectivity index (χ4n) is 0.910. The van der Waals surface area contributed by atoms with Crippen LogP contribution in [0.4, 0.5) is 0 Å². The Morgan fingerprint density at radius 2 is 2.31 bits per heavy atom. The standard InChI is InChI=1S/C11H10OS/c12-9-11-6-3-5-10(8-11)4-1-2-7-13/h3,5-6,8-9,13H,2,7H2. The Hall–Kier alpha value is -1.20. The molecule has 1 rings (SSSR count). The largest absolute Gasteiger partial charge is 0.298 e. The Kier molecular flexibility index (Phi) is 4.14. The molecule has 0 spiro atoms. The smallest absolute Gasteiger partial charge is 0.150 e. The van der Waals surface area contributed by atoms with E-state index in [9.17, 15) is 4.79 Å². The molecule has 0 aromatic heterocycles. The minimum absolute atomic E-state index is 0.665. The van der Waals surface area contributed by atoms with Gasteiger partial charge in [-0.1, -0.05) is 24.0 Å². The molecule has 0 unspecified atom stereocenters. The lowest BCUT2D eigenvalue weighted by molar-refractivity contribution is 0.112. The second kappa shape index (κ2) is 5.45. The molecule has 0 saturated carbocycles. The van der Waals surface area contributed by atoms with Gasteiger partial charge in [0.1, 0.15) is 6.29 Å². The molecule has 2 heteroatoms. The van der Waals surface area contributed by atoms with Crippen molar-refractivity contribution < 1.29 is 4.79 Å². The third kappa shape index (κ3) is 3.35. The maximum absolute atomic E-state index is 10.4. The number of carbonyl (C=O) groups excluding carboxylic acids is 1. The highest BCUT2D eigenvalue weighted by Crippen LogP contribution is 2.01. The van der Waals surface area contributed by atoms with Crippen LogP contribution in [0.15, 0.2) is 24.3 Å².